The van der Waals surface area contributed by atoms with Crippen molar-refractivity contribution in [2.45, 2.75) is 19.9 Å². The lowest BCUT2D eigenvalue weighted by atomic mass is 10.1. The Morgan fingerprint density at radius 1 is 1.12 bits per heavy atom. The third-order valence-electron chi connectivity index (χ3n) is 4.30. The number of likely N-dealkylation sites (N-methyl/N-ethyl adjacent to an activating group) is 1. The van der Waals surface area contributed by atoms with E-state index in [2.05, 4.69) is 17.9 Å². The van der Waals surface area contributed by atoms with Crippen molar-refractivity contribution in [2.75, 3.05) is 20.2 Å². The number of rotatable bonds is 7. The average molecular weight is 355 g/mol. The molecule has 2 aromatic carbocycles. The van der Waals surface area contributed by atoms with Gasteiger partial charge in [0, 0.05) is 24.5 Å². The molecule has 0 fully saturated rings. The van der Waals surface area contributed by atoms with Crippen LogP contribution in [0.1, 0.15) is 18.1 Å². The normalized spacial score (nSPS) is 11.2. The van der Waals surface area contributed by atoms with Crippen LogP contribution >= 0.6 is 0 Å². The van der Waals surface area contributed by atoms with Gasteiger partial charge in [-0.2, -0.15) is 0 Å². The van der Waals surface area contributed by atoms with Crippen molar-refractivity contribution in [1.29, 1.82) is 0 Å². The van der Waals surface area contributed by atoms with Crippen LogP contribution in [0.4, 0.5) is 4.39 Å². The van der Waals surface area contributed by atoms with Gasteiger partial charge in [-0.1, -0.05) is 19.1 Å². The van der Waals surface area contributed by atoms with Crippen LogP contribution in [0, 0.1) is 5.82 Å². The fourth-order valence-corrected chi connectivity index (χ4v) is 2.85. The molecule has 0 N–H and O–H groups in total. The molecule has 0 aliphatic heterocycles. The summed E-state index contributed by atoms with van der Waals surface area (Å²) < 4.78 is 23.9. The third kappa shape index (κ3) is 4.49. The predicted octanol–water partition coefficient (Wildman–Crippen LogP) is 4.01. The van der Waals surface area contributed by atoms with E-state index in [-0.39, 0.29) is 11.4 Å². The van der Waals surface area contributed by atoms with E-state index >= 15 is 0 Å². The number of ether oxygens (including phenoxy) is 1. The van der Waals surface area contributed by atoms with Gasteiger partial charge in [0.25, 0.3) is 0 Å². The fraction of sp³-hybridized carbons (Fsp3) is 0.286. The van der Waals surface area contributed by atoms with Crippen LogP contribution in [0.5, 0.6) is 5.75 Å². The molecule has 0 atom stereocenters. The Bertz CT molecular complexity index is 934. The molecular weight excluding hydrogens is 333 g/mol. The summed E-state index contributed by atoms with van der Waals surface area (Å²) in [6.07, 6.45) is 0.893. The van der Waals surface area contributed by atoms with Crippen LogP contribution in [-0.2, 0) is 13.0 Å². The molecule has 0 spiro atoms. The molecule has 3 rings (SSSR count). The van der Waals surface area contributed by atoms with E-state index in [9.17, 15) is 9.18 Å². The van der Waals surface area contributed by atoms with E-state index in [1.807, 2.05) is 19.2 Å². The topological polar surface area (TPSA) is 42.7 Å². The van der Waals surface area contributed by atoms with Crippen molar-refractivity contribution in [2.24, 2.45) is 0 Å². The van der Waals surface area contributed by atoms with Crippen LogP contribution < -0.4 is 10.4 Å². The van der Waals surface area contributed by atoms with Crippen molar-refractivity contribution in [3.8, 4) is 5.75 Å². The van der Waals surface area contributed by atoms with Gasteiger partial charge >= 0.3 is 5.63 Å². The minimum atomic E-state index is -0.336. The lowest BCUT2D eigenvalue weighted by Gasteiger charge is -2.18. The fourth-order valence-electron chi connectivity index (χ4n) is 2.85. The zero-order valence-corrected chi connectivity index (χ0v) is 15.0. The van der Waals surface area contributed by atoms with Crippen molar-refractivity contribution in [3.05, 3.63) is 75.9 Å². The van der Waals surface area contributed by atoms with Crippen LogP contribution in [0.25, 0.3) is 11.0 Å². The molecule has 1 heterocycles. The largest absolute Gasteiger partial charge is 0.492 e. The minimum Gasteiger partial charge on any atom is -0.492 e. The van der Waals surface area contributed by atoms with Gasteiger partial charge in [-0.15, -0.1) is 0 Å². The molecule has 5 heteroatoms. The SMILES string of the molecule is CCc1ccc2c(CN(C)CCOc3ccc(F)cc3)cc(=O)oc2c1. The number of aryl methyl sites for hydroxylation is 1. The number of fused-ring (bicyclic) bond motifs is 1. The quantitative estimate of drug-likeness (QED) is 0.601. The number of hydrogen-bond donors (Lipinski definition) is 0. The van der Waals surface area contributed by atoms with Crippen LogP contribution in [-0.4, -0.2) is 25.1 Å². The average Bonchev–Trinajstić information content (AvgIpc) is 2.62. The molecule has 136 valence electrons. The molecule has 0 saturated carbocycles. The molecule has 0 aliphatic rings. The maximum absolute atomic E-state index is 12.9. The van der Waals surface area contributed by atoms with E-state index in [0.717, 1.165) is 22.9 Å². The molecule has 0 amide bonds. The zero-order valence-electron chi connectivity index (χ0n) is 15.0. The van der Waals surface area contributed by atoms with Gasteiger partial charge in [0.05, 0.1) is 0 Å². The molecular formula is C21H22FNO3. The Morgan fingerprint density at radius 3 is 2.62 bits per heavy atom. The molecule has 1 aromatic heterocycles. The summed E-state index contributed by atoms with van der Waals surface area (Å²) in [5.41, 5.74) is 2.36. The van der Waals surface area contributed by atoms with Crippen LogP contribution in [0.3, 0.4) is 0 Å². The highest BCUT2D eigenvalue weighted by molar-refractivity contribution is 5.80. The van der Waals surface area contributed by atoms with Crippen molar-refractivity contribution >= 4 is 11.0 Å². The van der Waals surface area contributed by atoms with E-state index < -0.39 is 0 Å². The molecule has 0 unspecified atom stereocenters. The van der Waals surface area contributed by atoms with E-state index in [1.54, 1.807) is 18.2 Å². The van der Waals surface area contributed by atoms with Gasteiger partial charge in [-0.25, -0.2) is 9.18 Å². The van der Waals surface area contributed by atoms with Gasteiger partial charge in [0.15, 0.2) is 0 Å². The Labute approximate surface area is 151 Å². The third-order valence-corrected chi connectivity index (χ3v) is 4.30. The maximum Gasteiger partial charge on any atom is 0.336 e. The van der Waals surface area contributed by atoms with Crippen molar-refractivity contribution < 1.29 is 13.5 Å². The highest BCUT2D eigenvalue weighted by Gasteiger charge is 2.09. The highest BCUT2D eigenvalue weighted by Crippen LogP contribution is 2.20. The molecule has 0 bridgehead atoms. The summed E-state index contributed by atoms with van der Waals surface area (Å²) in [7, 11) is 1.97. The first-order valence-corrected chi connectivity index (χ1v) is 8.67. The molecule has 0 saturated heterocycles. The zero-order chi connectivity index (χ0) is 18.5. The summed E-state index contributed by atoms with van der Waals surface area (Å²) in [5.74, 6) is 0.355. The molecule has 3 aromatic rings. The number of benzene rings is 2. The Balaban J connectivity index is 1.66. The predicted molar refractivity (Wildman–Crippen MR) is 100 cm³/mol. The number of nitrogens with zero attached hydrogens (tertiary/aromatic N) is 1. The summed E-state index contributed by atoms with van der Waals surface area (Å²) in [6, 6.07) is 13.5. The lowest BCUT2D eigenvalue weighted by Crippen LogP contribution is -2.24. The molecule has 4 nitrogen and oxygen atoms in total. The van der Waals surface area contributed by atoms with Gasteiger partial charge in [-0.05, 0) is 54.9 Å². The monoisotopic (exact) mass is 355 g/mol. The van der Waals surface area contributed by atoms with Crippen molar-refractivity contribution in [1.82, 2.24) is 4.90 Å². The summed E-state index contributed by atoms with van der Waals surface area (Å²) >= 11 is 0. The second-order valence-electron chi connectivity index (χ2n) is 6.31. The molecule has 26 heavy (non-hydrogen) atoms. The first-order chi connectivity index (χ1) is 12.5. The Morgan fingerprint density at radius 2 is 1.88 bits per heavy atom. The van der Waals surface area contributed by atoms with E-state index in [0.29, 0.717) is 31.0 Å². The lowest BCUT2D eigenvalue weighted by molar-refractivity contribution is 0.233. The Hall–Kier alpha value is -2.66. The van der Waals surface area contributed by atoms with Crippen molar-refractivity contribution in [3.63, 3.8) is 0 Å². The first kappa shape index (κ1) is 18.1. The van der Waals surface area contributed by atoms with Gasteiger partial charge in [-0.3, -0.25) is 4.90 Å². The highest BCUT2D eigenvalue weighted by atomic mass is 19.1. The first-order valence-electron chi connectivity index (χ1n) is 8.67. The second-order valence-corrected chi connectivity index (χ2v) is 6.31. The number of halogens is 1. The summed E-state index contributed by atoms with van der Waals surface area (Å²) in [5, 5.41) is 0.952. The smallest absolute Gasteiger partial charge is 0.336 e. The van der Waals surface area contributed by atoms with E-state index in [1.165, 1.54) is 12.1 Å². The van der Waals surface area contributed by atoms with E-state index in [4.69, 9.17) is 9.15 Å². The maximum atomic E-state index is 12.9. The van der Waals surface area contributed by atoms with Gasteiger partial charge in [0.2, 0.25) is 0 Å². The summed E-state index contributed by atoms with van der Waals surface area (Å²) in [4.78, 5) is 13.9. The standard InChI is InChI=1S/C21H22FNO3/c1-3-15-4-9-19-16(13-21(24)26-20(19)12-15)14-23(2)10-11-25-18-7-5-17(22)6-8-18/h4-9,12-13H,3,10-11,14H2,1-2H3. The van der Waals surface area contributed by atoms with Gasteiger partial charge < -0.3 is 9.15 Å². The number of hydrogen-bond acceptors (Lipinski definition) is 4. The molecule has 0 radical (unpaired) electrons. The minimum absolute atomic E-state index is 0.282. The van der Waals surface area contributed by atoms with Crippen LogP contribution in [0.2, 0.25) is 0 Å². The van der Waals surface area contributed by atoms with Gasteiger partial charge in [0.1, 0.15) is 23.8 Å². The summed E-state index contributed by atoms with van der Waals surface area (Å²) in [6.45, 7) is 3.83. The second kappa shape index (κ2) is 8.15. The Kier molecular flexibility index (Phi) is 5.68. The van der Waals surface area contributed by atoms with Crippen LogP contribution in [0.15, 0.2) is 57.7 Å². The molecule has 0 aliphatic carbocycles.